The van der Waals surface area contributed by atoms with Gasteiger partial charge in [0.25, 0.3) is 0 Å². The van der Waals surface area contributed by atoms with Gasteiger partial charge in [0, 0.05) is 36.4 Å². The molecule has 6 heteroatoms. The van der Waals surface area contributed by atoms with Crippen molar-refractivity contribution < 1.29 is 4.79 Å². The molecule has 1 saturated heterocycles. The smallest absolute Gasteiger partial charge is 0.247 e. The second kappa shape index (κ2) is 5.22. The lowest BCUT2D eigenvalue weighted by molar-refractivity contribution is -0.136. The van der Waals surface area contributed by atoms with Crippen LogP contribution < -0.4 is 10.6 Å². The Labute approximate surface area is 129 Å². The van der Waals surface area contributed by atoms with Gasteiger partial charge >= 0.3 is 0 Å². The Bertz CT molecular complexity index is 574. The Balaban J connectivity index is 2.51. The van der Waals surface area contributed by atoms with Crippen molar-refractivity contribution in [2.75, 3.05) is 25.0 Å². The number of carbonyl (C=O) groups is 1. The molecule has 2 rings (SSSR count). The van der Waals surface area contributed by atoms with Crippen LogP contribution in [0.5, 0.6) is 0 Å². The molecule has 0 radical (unpaired) electrons. The first kappa shape index (κ1) is 15.1. The van der Waals surface area contributed by atoms with Crippen LogP contribution in [0.15, 0.2) is 18.2 Å². The van der Waals surface area contributed by atoms with Crippen molar-refractivity contribution in [1.29, 1.82) is 0 Å². The highest BCUT2D eigenvalue weighted by molar-refractivity contribution is 7.80. The van der Waals surface area contributed by atoms with Crippen LogP contribution in [0.25, 0.3) is 0 Å². The van der Waals surface area contributed by atoms with Gasteiger partial charge in [-0.25, -0.2) is 0 Å². The Morgan fingerprint density at radius 2 is 2.05 bits per heavy atom. The number of nitrogens with two attached hydrogens (primary N) is 1. The number of hydrogen-bond donors (Lipinski definition) is 1. The highest BCUT2D eigenvalue weighted by Crippen LogP contribution is 2.32. The van der Waals surface area contributed by atoms with E-state index < -0.39 is 5.54 Å². The van der Waals surface area contributed by atoms with E-state index >= 15 is 0 Å². The molecular weight excluding hydrogens is 294 g/mol. The minimum Gasteiger partial charge on any atom is -0.389 e. The summed E-state index contributed by atoms with van der Waals surface area (Å²) in [6.45, 7) is 5.21. The van der Waals surface area contributed by atoms with Crippen molar-refractivity contribution in [1.82, 2.24) is 4.90 Å². The fourth-order valence-electron chi connectivity index (χ4n) is 2.58. The summed E-state index contributed by atoms with van der Waals surface area (Å²) in [6.07, 6.45) is 0. The van der Waals surface area contributed by atoms with E-state index in [9.17, 15) is 4.79 Å². The van der Waals surface area contributed by atoms with Gasteiger partial charge in [0.1, 0.15) is 10.5 Å². The number of hydrogen-bond acceptors (Lipinski definition) is 3. The number of halogens is 1. The lowest BCUT2D eigenvalue weighted by atomic mass is 9.95. The highest BCUT2D eigenvalue weighted by atomic mass is 35.5. The van der Waals surface area contributed by atoms with Gasteiger partial charge in [-0.05, 0) is 32.0 Å². The molecule has 0 spiro atoms. The number of piperazine rings is 1. The number of thiocarbonyl (C=S) groups is 1. The summed E-state index contributed by atoms with van der Waals surface area (Å²) in [7, 11) is 1.82. The largest absolute Gasteiger partial charge is 0.389 e. The van der Waals surface area contributed by atoms with E-state index in [-0.39, 0.29) is 10.9 Å². The van der Waals surface area contributed by atoms with Crippen molar-refractivity contribution >= 4 is 40.4 Å². The molecule has 20 heavy (non-hydrogen) atoms. The van der Waals surface area contributed by atoms with Gasteiger partial charge in [-0.2, -0.15) is 0 Å². The summed E-state index contributed by atoms with van der Waals surface area (Å²) in [5.41, 5.74) is 6.71. The molecular formula is C14H18ClN3OS. The minimum absolute atomic E-state index is 0.0765. The molecule has 0 unspecified atom stereocenters. The summed E-state index contributed by atoms with van der Waals surface area (Å²) in [5, 5.41) is 0.579. The van der Waals surface area contributed by atoms with Gasteiger partial charge in [0.2, 0.25) is 5.91 Å². The maximum absolute atomic E-state index is 12.4. The number of anilines is 1. The molecule has 0 saturated carbocycles. The number of rotatable bonds is 2. The predicted molar refractivity (Wildman–Crippen MR) is 86.4 cm³/mol. The molecule has 4 nitrogen and oxygen atoms in total. The minimum atomic E-state index is -0.639. The average molecular weight is 312 g/mol. The van der Waals surface area contributed by atoms with Crippen LogP contribution in [0.2, 0.25) is 5.02 Å². The standard InChI is InChI=1S/C14H18ClN3OS/c1-14(2)13(19)17(3)6-7-18(14)11-5-4-9(15)8-10(11)12(16)20/h4-5,8H,6-7H2,1-3H3,(H2,16,20). The lowest BCUT2D eigenvalue weighted by Gasteiger charge is -2.46. The van der Waals surface area contributed by atoms with Gasteiger partial charge in [-0.3, -0.25) is 4.79 Å². The maximum atomic E-state index is 12.4. The van der Waals surface area contributed by atoms with Crippen LogP contribution in [-0.4, -0.2) is 41.5 Å². The number of likely N-dealkylation sites (N-methyl/N-ethyl adjacent to an activating group) is 1. The van der Waals surface area contributed by atoms with Crippen LogP contribution in [-0.2, 0) is 4.79 Å². The molecule has 0 atom stereocenters. The Morgan fingerprint density at radius 3 is 2.65 bits per heavy atom. The van der Waals surface area contributed by atoms with Crippen molar-refractivity contribution in [2.45, 2.75) is 19.4 Å². The van der Waals surface area contributed by atoms with Crippen LogP contribution in [0, 0.1) is 0 Å². The maximum Gasteiger partial charge on any atom is 0.247 e. The van der Waals surface area contributed by atoms with E-state index in [0.717, 1.165) is 12.2 Å². The van der Waals surface area contributed by atoms with Crippen LogP contribution in [0.4, 0.5) is 5.69 Å². The number of amides is 1. The monoisotopic (exact) mass is 311 g/mol. The van der Waals surface area contributed by atoms with E-state index in [4.69, 9.17) is 29.6 Å². The molecule has 1 aliphatic rings. The predicted octanol–water partition coefficient (Wildman–Crippen LogP) is 2.03. The lowest BCUT2D eigenvalue weighted by Crippen LogP contribution is -2.62. The third-order valence-electron chi connectivity index (χ3n) is 3.72. The molecule has 1 aliphatic heterocycles. The summed E-state index contributed by atoms with van der Waals surface area (Å²) < 4.78 is 0. The molecule has 0 aromatic heterocycles. The highest BCUT2D eigenvalue weighted by Gasteiger charge is 2.41. The second-order valence-electron chi connectivity index (χ2n) is 5.46. The third kappa shape index (κ3) is 2.47. The van der Waals surface area contributed by atoms with Gasteiger partial charge in [-0.15, -0.1) is 0 Å². The fourth-order valence-corrected chi connectivity index (χ4v) is 2.91. The summed E-state index contributed by atoms with van der Waals surface area (Å²) in [6, 6.07) is 5.41. The zero-order chi connectivity index (χ0) is 15.1. The summed E-state index contributed by atoms with van der Waals surface area (Å²) >= 11 is 11.1. The summed E-state index contributed by atoms with van der Waals surface area (Å²) in [4.78, 5) is 16.4. The van der Waals surface area contributed by atoms with E-state index in [0.29, 0.717) is 17.1 Å². The second-order valence-corrected chi connectivity index (χ2v) is 6.34. The molecule has 108 valence electrons. The average Bonchev–Trinajstić information content (AvgIpc) is 2.37. The first-order valence-corrected chi connectivity index (χ1v) is 7.16. The molecule has 2 N–H and O–H groups in total. The van der Waals surface area contributed by atoms with Crippen LogP contribution in [0.1, 0.15) is 19.4 Å². The van der Waals surface area contributed by atoms with Crippen LogP contribution in [0.3, 0.4) is 0 Å². The molecule has 0 aliphatic carbocycles. The number of nitrogens with zero attached hydrogens (tertiary/aromatic N) is 2. The van der Waals surface area contributed by atoms with Gasteiger partial charge in [0.15, 0.2) is 0 Å². The molecule has 1 heterocycles. The third-order valence-corrected chi connectivity index (χ3v) is 4.17. The van der Waals surface area contributed by atoms with Crippen LogP contribution >= 0.6 is 23.8 Å². The van der Waals surface area contributed by atoms with E-state index in [1.54, 1.807) is 17.0 Å². The van der Waals surface area contributed by atoms with Crippen molar-refractivity contribution in [2.24, 2.45) is 5.73 Å². The van der Waals surface area contributed by atoms with Gasteiger partial charge in [-0.1, -0.05) is 23.8 Å². The Hall–Kier alpha value is -1.33. The number of carbonyl (C=O) groups excluding carboxylic acids is 1. The first-order chi connectivity index (χ1) is 9.25. The molecule has 1 aromatic carbocycles. The zero-order valence-corrected chi connectivity index (χ0v) is 13.4. The first-order valence-electron chi connectivity index (χ1n) is 6.37. The van der Waals surface area contributed by atoms with Crippen molar-refractivity contribution in [3.05, 3.63) is 28.8 Å². The molecule has 1 amide bonds. The quantitative estimate of drug-likeness (QED) is 0.849. The van der Waals surface area contributed by atoms with Crippen molar-refractivity contribution in [3.8, 4) is 0 Å². The Morgan fingerprint density at radius 1 is 1.40 bits per heavy atom. The number of benzene rings is 1. The molecule has 0 bridgehead atoms. The molecule has 1 fully saturated rings. The van der Waals surface area contributed by atoms with E-state index in [2.05, 4.69) is 0 Å². The Kier molecular flexibility index (Phi) is 3.93. The molecule has 1 aromatic rings. The van der Waals surface area contributed by atoms with Gasteiger partial charge in [0.05, 0.1) is 0 Å². The van der Waals surface area contributed by atoms with E-state index in [1.165, 1.54) is 0 Å². The fraction of sp³-hybridized carbons (Fsp3) is 0.429. The SMILES string of the molecule is CN1CCN(c2ccc(Cl)cc2C(N)=S)C(C)(C)C1=O. The van der Waals surface area contributed by atoms with E-state index in [1.807, 2.05) is 31.9 Å². The normalized spacial score (nSPS) is 18.3. The van der Waals surface area contributed by atoms with Crippen molar-refractivity contribution in [3.63, 3.8) is 0 Å². The topological polar surface area (TPSA) is 49.6 Å². The summed E-state index contributed by atoms with van der Waals surface area (Å²) in [5.74, 6) is 0.0765. The zero-order valence-electron chi connectivity index (χ0n) is 11.8. The van der Waals surface area contributed by atoms with Gasteiger partial charge < -0.3 is 15.5 Å².